The molecule has 230 valence electrons. The molecule has 42 heavy (non-hydrogen) atoms. The monoisotopic (exact) mass is 579 g/mol. The third-order valence-corrected chi connectivity index (χ3v) is 10.1. The first-order chi connectivity index (χ1) is 20.1. The minimum Gasteiger partial charge on any atom is -0.394 e. The molecule has 1 aromatic carbocycles. The van der Waals surface area contributed by atoms with E-state index in [0.29, 0.717) is 32.5 Å². The van der Waals surface area contributed by atoms with E-state index in [1.54, 1.807) is 26.9 Å². The number of aliphatic hydroxyl groups excluding tert-OH is 1. The lowest BCUT2D eigenvalue weighted by Gasteiger charge is -2.41. The molecule has 8 atom stereocenters. The number of carbonyl (C=O) groups is 3. The Morgan fingerprint density at radius 3 is 2.40 bits per heavy atom. The number of hydrogen-bond donors (Lipinski definition) is 1. The maximum absolute atomic E-state index is 14.6. The van der Waals surface area contributed by atoms with E-state index >= 15 is 0 Å². The van der Waals surface area contributed by atoms with E-state index in [-0.39, 0.29) is 36.3 Å². The van der Waals surface area contributed by atoms with Gasteiger partial charge >= 0.3 is 0 Å². The number of aliphatic hydroxyl groups is 1. The molecular formula is C34H49N3O5. The molecule has 8 nitrogen and oxygen atoms in total. The summed E-state index contributed by atoms with van der Waals surface area (Å²) in [4.78, 5) is 48.9. The van der Waals surface area contributed by atoms with Gasteiger partial charge in [0.25, 0.3) is 0 Å². The number of amides is 3. The van der Waals surface area contributed by atoms with Gasteiger partial charge in [-0.25, -0.2) is 0 Å². The SMILES string of the molecule is C=CCN(Cc1ccccc1)C(=O)[C@H]1[C@H]2C(=O)N([C@@H](CC)CO)C(C(=O)N(CC=C)C(C)CCC)C23CC(C)[C@]1(C)O3. The first-order valence-electron chi connectivity index (χ1n) is 15.5. The van der Waals surface area contributed by atoms with Crippen molar-refractivity contribution in [2.45, 2.75) is 96.2 Å². The second-order valence-electron chi connectivity index (χ2n) is 12.6. The third kappa shape index (κ3) is 5.11. The maximum Gasteiger partial charge on any atom is 0.248 e. The molecule has 3 fully saturated rings. The van der Waals surface area contributed by atoms with E-state index < -0.39 is 35.1 Å². The number of hydrogen-bond acceptors (Lipinski definition) is 5. The quantitative estimate of drug-likeness (QED) is 0.334. The zero-order valence-electron chi connectivity index (χ0n) is 26.0. The van der Waals surface area contributed by atoms with Gasteiger partial charge in [-0.3, -0.25) is 14.4 Å². The van der Waals surface area contributed by atoms with Crippen molar-refractivity contribution >= 4 is 17.7 Å². The summed E-state index contributed by atoms with van der Waals surface area (Å²) in [7, 11) is 0. The average Bonchev–Trinajstić information content (AvgIpc) is 3.49. The predicted octanol–water partition coefficient (Wildman–Crippen LogP) is 4.19. The van der Waals surface area contributed by atoms with Gasteiger partial charge in [-0.1, -0.05) is 69.7 Å². The minimum atomic E-state index is -1.16. The zero-order chi connectivity index (χ0) is 30.8. The minimum absolute atomic E-state index is 0.0665. The molecule has 0 saturated carbocycles. The van der Waals surface area contributed by atoms with E-state index in [1.807, 2.05) is 51.1 Å². The van der Waals surface area contributed by atoms with Crippen molar-refractivity contribution in [3.8, 4) is 0 Å². The second kappa shape index (κ2) is 12.7. The fourth-order valence-electron chi connectivity index (χ4n) is 7.88. The molecule has 0 radical (unpaired) electrons. The summed E-state index contributed by atoms with van der Waals surface area (Å²) < 4.78 is 6.95. The normalized spacial score (nSPS) is 31.0. The highest BCUT2D eigenvalue weighted by atomic mass is 16.5. The highest BCUT2D eigenvalue weighted by molar-refractivity contribution is 5.99. The van der Waals surface area contributed by atoms with Gasteiger partial charge in [0.2, 0.25) is 17.7 Å². The van der Waals surface area contributed by atoms with Crippen LogP contribution in [0.4, 0.5) is 0 Å². The number of nitrogens with zero attached hydrogens (tertiary/aromatic N) is 3. The van der Waals surface area contributed by atoms with Crippen molar-refractivity contribution in [1.29, 1.82) is 0 Å². The van der Waals surface area contributed by atoms with Crippen LogP contribution in [-0.4, -0.2) is 86.6 Å². The highest BCUT2D eigenvalue weighted by Crippen LogP contribution is 2.66. The molecule has 3 heterocycles. The first kappa shape index (κ1) is 32.0. The Hall–Kier alpha value is -2.97. The van der Waals surface area contributed by atoms with Gasteiger partial charge in [0.1, 0.15) is 11.6 Å². The summed E-state index contributed by atoms with van der Waals surface area (Å²) in [6.45, 7) is 18.5. The largest absolute Gasteiger partial charge is 0.394 e. The summed E-state index contributed by atoms with van der Waals surface area (Å²) in [6.07, 6.45) is 6.09. The van der Waals surface area contributed by atoms with E-state index in [4.69, 9.17) is 4.74 Å². The van der Waals surface area contributed by atoms with E-state index in [1.165, 1.54) is 0 Å². The third-order valence-electron chi connectivity index (χ3n) is 10.1. The van der Waals surface area contributed by atoms with E-state index in [2.05, 4.69) is 27.0 Å². The van der Waals surface area contributed by atoms with Crippen molar-refractivity contribution < 1.29 is 24.2 Å². The van der Waals surface area contributed by atoms with Gasteiger partial charge in [0.15, 0.2) is 0 Å². The van der Waals surface area contributed by atoms with Crippen LogP contribution in [0.5, 0.6) is 0 Å². The van der Waals surface area contributed by atoms with Crippen LogP contribution in [0.15, 0.2) is 55.6 Å². The Morgan fingerprint density at radius 2 is 1.83 bits per heavy atom. The molecule has 1 N–H and O–H groups in total. The number of carbonyl (C=O) groups excluding carboxylic acids is 3. The van der Waals surface area contributed by atoms with E-state index in [0.717, 1.165) is 18.4 Å². The Morgan fingerprint density at radius 1 is 1.17 bits per heavy atom. The summed E-state index contributed by atoms with van der Waals surface area (Å²) >= 11 is 0. The number of ether oxygens (including phenoxy) is 1. The molecule has 3 aliphatic rings. The molecule has 0 aromatic heterocycles. The van der Waals surface area contributed by atoms with Gasteiger partial charge < -0.3 is 24.5 Å². The van der Waals surface area contributed by atoms with Gasteiger partial charge in [-0.15, -0.1) is 13.2 Å². The number of rotatable bonds is 14. The molecular weight excluding hydrogens is 530 g/mol. The predicted molar refractivity (Wildman–Crippen MR) is 163 cm³/mol. The molecule has 8 heteroatoms. The van der Waals surface area contributed by atoms with Crippen LogP contribution >= 0.6 is 0 Å². The van der Waals surface area contributed by atoms with Gasteiger partial charge in [0.05, 0.1) is 30.1 Å². The summed E-state index contributed by atoms with van der Waals surface area (Å²) in [5, 5.41) is 10.4. The fourth-order valence-corrected chi connectivity index (χ4v) is 7.88. The number of fused-ring (bicyclic) bond motifs is 1. The van der Waals surface area contributed by atoms with Crippen LogP contribution in [0.2, 0.25) is 0 Å². The Labute approximate surface area is 251 Å². The lowest BCUT2D eigenvalue weighted by Crippen LogP contribution is -2.60. The lowest BCUT2D eigenvalue weighted by atomic mass is 9.62. The number of benzene rings is 1. The van der Waals surface area contributed by atoms with Crippen molar-refractivity contribution in [2.75, 3.05) is 19.7 Å². The molecule has 4 rings (SSSR count). The molecule has 1 spiro atoms. The van der Waals surface area contributed by atoms with Gasteiger partial charge in [0, 0.05) is 25.7 Å². The van der Waals surface area contributed by atoms with Crippen LogP contribution in [0.1, 0.15) is 65.9 Å². The second-order valence-corrected chi connectivity index (χ2v) is 12.6. The Balaban J connectivity index is 1.82. The zero-order valence-corrected chi connectivity index (χ0v) is 26.0. The lowest BCUT2D eigenvalue weighted by molar-refractivity contribution is -0.158. The maximum atomic E-state index is 14.6. The molecule has 0 aliphatic carbocycles. The topological polar surface area (TPSA) is 90.4 Å². The number of likely N-dealkylation sites (tertiary alicyclic amines) is 1. The summed E-state index contributed by atoms with van der Waals surface area (Å²) in [6, 6.07) is 8.20. The molecule has 1 aromatic rings. The Bertz CT molecular complexity index is 1170. The molecule has 2 bridgehead atoms. The highest BCUT2D eigenvalue weighted by Gasteiger charge is 2.80. The van der Waals surface area contributed by atoms with Crippen LogP contribution in [0.25, 0.3) is 0 Å². The van der Waals surface area contributed by atoms with Gasteiger partial charge in [-0.05, 0) is 44.6 Å². The van der Waals surface area contributed by atoms with Crippen LogP contribution in [0, 0.1) is 17.8 Å². The van der Waals surface area contributed by atoms with Crippen molar-refractivity contribution in [3.63, 3.8) is 0 Å². The molecule has 3 amide bonds. The van der Waals surface area contributed by atoms with Crippen molar-refractivity contribution in [2.24, 2.45) is 17.8 Å². The summed E-state index contributed by atoms with van der Waals surface area (Å²) in [5.74, 6) is -2.30. The fraction of sp³-hybridized carbons (Fsp3) is 0.618. The van der Waals surface area contributed by atoms with E-state index in [9.17, 15) is 19.5 Å². The average molecular weight is 580 g/mol. The van der Waals surface area contributed by atoms with Crippen LogP contribution in [0.3, 0.4) is 0 Å². The standard InChI is InChI=1S/C34H49N3O5/c1-8-15-24(6)36(19-10-3)32(41)29-34-20-23(5)33(7,42-34)27(28(34)31(40)37(29)26(11-4)22-38)30(39)35(18-9-2)21-25-16-13-12-14-17-25/h9-10,12-14,16-17,23-24,26-29,38H,2-3,8,11,15,18-22H2,1,4-7H3/t23?,24?,26-,27+,28-,29?,33-,34?/m0/s1. The Kier molecular flexibility index (Phi) is 9.68. The van der Waals surface area contributed by atoms with Crippen LogP contribution in [-0.2, 0) is 25.7 Å². The molecule has 4 unspecified atom stereocenters. The smallest absolute Gasteiger partial charge is 0.248 e. The molecule has 3 aliphatic heterocycles. The molecule has 3 saturated heterocycles. The van der Waals surface area contributed by atoms with Crippen molar-refractivity contribution in [3.05, 3.63) is 61.2 Å². The van der Waals surface area contributed by atoms with Crippen molar-refractivity contribution in [1.82, 2.24) is 14.7 Å². The van der Waals surface area contributed by atoms with Crippen LogP contribution < -0.4 is 0 Å². The van der Waals surface area contributed by atoms with Gasteiger partial charge in [-0.2, -0.15) is 0 Å². The summed E-state index contributed by atoms with van der Waals surface area (Å²) in [5.41, 5.74) is -1.10. The first-order valence-corrected chi connectivity index (χ1v) is 15.5.